The molecular weight excluding hydrogens is 322 g/mol. The molecule has 0 amide bonds. The lowest BCUT2D eigenvalue weighted by Crippen LogP contribution is -2.47. The van der Waals surface area contributed by atoms with Crippen molar-refractivity contribution in [3.63, 3.8) is 0 Å². The van der Waals surface area contributed by atoms with Gasteiger partial charge in [-0.2, -0.15) is 0 Å². The number of carbonyl (C=O) groups is 1. The molecule has 4 rings (SSSR count). The average Bonchev–Trinajstić information content (AvgIpc) is 3.54. The van der Waals surface area contributed by atoms with Gasteiger partial charge in [-0.25, -0.2) is 4.79 Å². The van der Waals surface area contributed by atoms with Gasteiger partial charge in [-0.3, -0.25) is 0 Å². The highest BCUT2D eigenvalue weighted by Gasteiger charge is 2.41. The van der Waals surface area contributed by atoms with Gasteiger partial charge in [0.1, 0.15) is 5.70 Å². The van der Waals surface area contributed by atoms with Crippen LogP contribution in [0.2, 0.25) is 0 Å². The minimum absolute atomic E-state index is 0.290. The molecule has 1 N–H and O–H groups in total. The first kappa shape index (κ1) is 16.6. The van der Waals surface area contributed by atoms with Gasteiger partial charge in [0.2, 0.25) is 0 Å². The van der Waals surface area contributed by atoms with E-state index in [-0.39, 0.29) is 5.97 Å². The first-order chi connectivity index (χ1) is 12.7. The van der Waals surface area contributed by atoms with Crippen LogP contribution in [0.15, 0.2) is 83.6 Å². The van der Waals surface area contributed by atoms with Crippen molar-refractivity contribution >= 4 is 5.97 Å². The predicted molar refractivity (Wildman–Crippen MR) is 102 cm³/mol. The second-order valence-corrected chi connectivity index (χ2v) is 6.85. The average molecular weight is 345 g/mol. The molecule has 1 aliphatic heterocycles. The highest BCUT2D eigenvalue weighted by atomic mass is 16.5. The van der Waals surface area contributed by atoms with Crippen LogP contribution in [0.3, 0.4) is 0 Å². The van der Waals surface area contributed by atoms with Gasteiger partial charge in [-0.1, -0.05) is 66.2 Å². The summed E-state index contributed by atoms with van der Waals surface area (Å²) >= 11 is 0. The van der Waals surface area contributed by atoms with Crippen molar-refractivity contribution in [1.29, 1.82) is 0 Å². The number of esters is 1. The Morgan fingerprint density at radius 2 is 1.58 bits per heavy atom. The molecule has 1 heterocycles. The molecular formula is C23H23NO2. The third kappa shape index (κ3) is 3.05. The number of hydrogen-bond donors (Lipinski definition) is 1. The Balaban J connectivity index is 1.88. The number of ether oxygens (including phenoxy) is 1. The van der Waals surface area contributed by atoms with E-state index >= 15 is 0 Å². The van der Waals surface area contributed by atoms with Gasteiger partial charge in [0.25, 0.3) is 0 Å². The molecule has 132 valence electrons. The van der Waals surface area contributed by atoms with Crippen LogP contribution in [0.25, 0.3) is 0 Å². The fraction of sp³-hybridized carbons (Fsp3) is 0.261. The quantitative estimate of drug-likeness (QED) is 0.832. The van der Waals surface area contributed by atoms with Crippen LogP contribution in [-0.4, -0.2) is 12.6 Å². The normalized spacial score (nSPS) is 18.0. The second-order valence-electron chi connectivity index (χ2n) is 6.85. The number of carbonyl (C=O) groups excluding carboxylic acids is 1. The summed E-state index contributed by atoms with van der Waals surface area (Å²) < 4.78 is 5.30. The van der Waals surface area contributed by atoms with Gasteiger partial charge in [0.05, 0.1) is 12.1 Å². The Morgan fingerprint density at radius 1 is 1.00 bits per heavy atom. The van der Waals surface area contributed by atoms with E-state index in [0.717, 1.165) is 30.4 Å². The Bertz CT molecular complexity index is 820. The molecule has 0 saturated heterocycles. The van der Waals surface area contributed by atoms with E-state index in [0.29, 0.717) is 12.3 Å². The Morgan fingerprint density at radius 3 is 2.08 bits per heavy atom. The molecule has 3 nitrogen and oxygen atoms in total. The number of nitrogens with one attached hydrogen (secondary N) is 1. The summed E-state index contributed by atoms with van der Waals surface area (Å²) in [5.74, 6) is -0.290. The van der Waals surface area contributed by atoms with Gasteiger partial charge in [0.15, 0.2) is 0 Å². The van der Waals surface area contributed by atoms with E-state index in [1.165, 1.54) is 11.1 Å². The molecule has 26 heavy (non-hydrogen) atoms. The van der Waals surface area contributed by atoms with Crippen molar-refractivity contribution in [2.45, 2.75) is 31.7 Å². The van der Waals surface area contributed by atoms with E-state index in [2.05, 4.69) is 29.6 Å². The predicted octanol–water partition coefficient (Wildman–Crippen LogP) is 4.46. The first-order valence-electron chi connectivity index (χ1n) is 9.22. The molecule has 1 fully saturated rings. The molecule has 2 aliphatic rings. The van der Waals surface area contributed by atoms with Crippen molar-refractivity contribution in [3.8, 4) is 0 Å². The summed E-state index contributed by atoms with van der Waals surface area (Å²) in [5, 5.41) is 3.55. The van der Waals surface area contributed by atoms with E-state index < -0.39 is 5.54 Å². The second kappa shape index (κ2) is 6.83. The lowest BCUT2D eigenvalue weighted by Gasteiger charge is -2.40. The molecule has 0 bridgehead atoms. The molecule has 0 atom stereocenters. The summed E-state index contributed by atoms with van der Waals surface area (Å²) in [6, 6.07) is 20.8. The molecule has 2 aromatic rings. The van der Waals surface area contributed by atoms with Crippen molar-refractivity contribution in [2.75, 3.05) is 6.61 Å². The van der Waals surface area contributed by atoms with Crippen LogP contribution < -0.4 is 5.32 Å². The smallest absolute Gasteiger partial charge is 0.354 e. The highest BCUT2D eigenvalue weighted by molar-refractivity contribution is 5.89. The van der Waals surface area contributed by atoms with Crippen molar-refractivity contribution in [3.05, 3.63) is 94.7 Å². The van der Waals surface area contributed by atoms with Crippen LogP contribution in [0, 0.1) is 0 Å². The van der Waals surface area contributed by atoms with E-state index in [1.807, 2.05) is 49.4 Å². The minimum atomic E-state index is -0.468. The summed E-state index contributed by atoms with van der Waals surface area (Å²) in [6.07, 6.45) is 5.08. The number of rotatable bonds is 4. The van der Waals surface area contributed by atoms with Crippen molar-refractivity contribution in [1.82, 2.24) is 5.32 Å². The summed E-state index contributed by atoms with van der Waals surface area (Å²) in [6.45, 7) is 2.20. The van der Waals surface area contributed by atoms with Gasteiger partial charge in [0, 0.05) is 6.42 Å². The highest BCUT2D eigenvalue weighted by Crippen LogP contribution is 2.44. The molecule has 0 radical (unpaired) electrons. The van der Waals surface area contributed by atoms with E-state index in [9.17, 15) is 4.79 Å². The lowest BCUT2D eigenvalue weighted by molar-refractivity contribution is -0.139. The van der Waals surface area contributed by atoms with Gasteiger partial charge in [-0.05, 0) is 42.5 Å². The first-order valence-corrected chi connectivity index (χ1v) is 9.22. The third-order valence-electron chi connectivity index (χ3n) is 5.10. The van der Waals surface area contributed by atoms with Crippen molar-refractivity contribution < 1.29 is 9.53 Å². The maximum Gasteiger partial charge on any atom is 0.354 e. The fourth-order valence-corrected chi connectivity index (χ4v) is 3.71. The zero-order chi connectivity index (χ0) is 18.0. The Labute approximate surface area is 154 Å². The lowest BCUT2D eigenvalue weighted by atomic mass is 9.75. The third-order valence-corrected chi connectivity index (χ3v) is 5.10. The van der Waals surface area contributed by atoms with E-state index in [4.69, 9.17) is 4.74 Å². The van der Waals surface area contributed by atoms with Gasteiger partial charge in [-0.15, -0.1) is 0 Å². The number of hydrogen-bond acceptors (Lipinski definition) is 3. The SMILES string of the molecule is CCOC(=O)C1=CC(=C2CC2)CC(c2ccccc2)(c2ccccc2)N1. The van der Waals surface area contributed by atoms with Crippen LogP contribution >= 0.6 is 0 Å². The van der Waals surface area contributed by atoms with Crippen molar-refractivity contribution in [2.24, 2.45) is 0 Å². The zero-order valence-electron chi connectivity index (χ0n) is 15.0. The molecule has 2 aromatic carbocycles. The molecule has 3 heteroatoms. The Hall–Kier alpha value is -2.81. The summed E-state index contributed by atoms with van der Waals surface area (Å²) in [7, 11) is 0. The molecule has 1 saturated carbocycles. The number of allylic oxidation sites excluding steroid dienone is 2. The molecule has 0 aromatic heterocycles. The zero-order valence-corrected chi connectivity index (χ0v) is 15.0. The largest absolute Gasteiger partial charge is 0.461 e. The fourth-order valence-electron chi connectivity index (χ4n) is 3.71. The molecule has 0 spiro atoms. The minimum Gasteiger partial charge on any atom is -0.461 e. The van der Waals surface area contributed by atoms with Gasteiger partial charge >= 0.3 is 5.97 Å². The van der Waals surface area contributed by atoms with Crippen LogP contribution in [0.1, 0.15) is 37.3 Å². The van der Waals surface area contributed by atoms with Crippen LogP contribution in [0.4, 0.5) is 0 Å². The summed E-state index contributed by atoms with van der Waals surface area (Å²) in [4.78, 5) is 12.6. The topological polar surface area (TPSA) is 38.3 Å². The monoisotopic (exact) mass is 345 g/mol. The maximum absolute atomic E-state index is 12.6. The Kier molecular flexibility index (Phi) is 4.37. The van der Waals surface area contributed by atoms with E-state index in [1.54, 1.807) is 0 Å². The summed E-state index contributed by atoms with van der Waals surface area (Å²) in [5.41, 5.74) is 5.09. The maximum atomic E-state index is 12.6. The number of benzene rings is 2. The molecule has 1 aliphatic carbocycles. The van der Waals surface area contributed by atoms with Gasteiger partial charge < -0.3 is 10.1 Å². The molecule has 0 unspecified atom stereocenters. The van der Waals surface area contributed by atoms with Crippen LogP contribution in [0.5, 0.6) is 0 Å². The standard InChI is InChI=1S/C23H23NO2/c1-2-26-22(25)21-15-18(17-13-14-17)16-23(24-21,19-9-5-3-6-10-19)20-11-7-4-8-12-20/h3-12,15,24H,2,13-14,16H2,1H3. The van der Waals surface area contributed by atoms with Crippen LogP contribution in [-0.2, 0) is 15.1 Å².